The van der Waals surface area contributed by atoms with E-state index in [9.17, 15) is 0 Å². The van der Waals surface area contributed by atoms with Gasteiger partial charge in [0.05, 0.1) is 17.3 Å². The Morgan fingerprint density at radius 2 is 1.95 bits per heavy atom. The van der Waals surface area contributed by atoms with E-state index in [1.807, 2.05) is 18.2 Å². The smallest absolute Gasteiger partial charge is 0.0734 e. The van der Waals surface area contributed by atoms with Gasteiger partial charge in [0.25, 0.3) is 0 Å². The quantitative estimate of drug-likeness (QED) is 0.764. The number of pyridine rings is 1. The maximum absolute atomic E-state index is 6.33. The van der Waals surface area contributed by atoms with Crippen LogP contribution in [0.2, 0.25) is 0 Å². The Hall–Kier alpha value is -1.71. The molecule has 2 N–H and O–H groups in total. The fourth-order valence-electron chi connectivity index (χ4n) is 2.33. The Bertz CT molecular complexity index is 730. The van der Waals surface area contributed by atoms with Crippen LogP contribution in [-0.2, 0) is 0 Å². The summed E-state index contributed by atoms with van der Waals surface area (Å²) < 4.78 is 0. The largest absolute Gasteiger partial charge is 0.319 e. The van der Waals surface area contributed by atoms with Gasteiger partial charge in [0.2, 0.25) is 0 Å². The fraction of sp³-hybridized carbons (Fsp3) is 0.188. The monoisotopic (exact) mass is 268 g/mol. The van der Waals surface area contributed by atoms with E-state index in [2.05, 4.69) is 37.4 Å². The van der Waals surface area contributed by atoms with Crippen LogP contribution in [0.4, 0.5) is 0 Å². The van der Waals surface area contributed by atoms with Crippen molar-refractivity contribution in [3.05, 3.63) is 63.5 Å². The number of fused-ring (bicyclic) bond motifs is 1. The maximum Gasteiger partial charge on any atom is 0.0734 e. The van der Waals surface area contributed by atoms with Crippen molar-refractivity contribution in [2.45, 2.75) is 19.9 Å². The van der Waals surface area contributed by atoms with Gasteiger partial charge in [0, 0.05) is 10.3 Å². The molecule has 0 saturated heterocycles. The number of hydrogen-bond donors (Lipinski definition) is 1. The normalized spacial score (nSPS) is 12.8. The number of aryl methyl sites for hydroxylation is 2. The standard InChI is InChI=1S/C16H16N2S/c1-10-7-15(16(17)12-8-11(2)19-9-12)18-14-6-4-3-5-13(10)14/h3-9,16H,17H2,1-2H3. The van der Waals surface area contributed by atoms with Gasteiger partial charge in [-0.1, -0.05) is 18.2 Å². The molecule has 0 bridgehead atoms. The number of nitrogens with two attached hydrogens (primary N) is 1. The van der Waals surface area contributed by atoms with Crippen LogP contribution >= 0.6 is 11.3 Å². The number of para-hydroxylation sites is 1. The lowest BCUT2D eigenvalue weighted by Gasteiger charge is -2.12. The first-order valence-electron chi connectivity index (χ1n) is 6.32. The van der Waals surface area contributed by atoms with Gasteiger partial charge in [-0.2, -0.15) is 0 Å². The van der Waals surface area contributed by atoms with Crippen molar-refractivity contribution in [1.29, 1.82) is 0 Å². The molecule has 3 heteroatoms. The number of thiophene rings is 1. The minimum Gasteiger partial charge on any atom is -0.319 e. The Balaban J connectivity index is 2.10. The van der Waals surface area contributed by atoms with Gasteiger partial charge in [-0.25, -0.2) is 0 Å². The van der Waals surface area contributed by atoms with Crippen LogP contribution in [0.1, 0.15) is 27.7 Å². The Morgan fingerprint density at radius 1 is 1.16 bits per heavy atom. The molecule has 1 atom stereocenters. The predicted octanol–water partition coefficient (Wildman–Crippen LogP) is 3.96. The summed E-state index contributed by atoms with van der Waals surface area (Å²) in [4.78, 5) is 5.98. The lowest BCUT2D eigenvalue weighted by molar-refractivity contribution is 0.838. The van der Waals surface area contributed by atoms with E-state index in [0.29, 0.717) is 0 Å². The molecule has 2 heterocycles. The summed E-state index contributed by atoms with van der Waals surface area (Å²) in [6.07, 6.45) is 0. The number of hydrogen-bond acceptors (Lipinski definition) is 3. The zero-order chi connectivity index (χ0) is 13.4. The molecule has 3 aromatic rings. The van der Waals surface area contributed by atoms with Gasteiger partial charge in [0.15, 0.2) is 0 Å². The summed E-state index contributed by atoms with van der Waals surface area (Å²) in [7, 11) is 0. The summed E-state index contributed by atoms with van der Waals surface area (Å²) >= 11 is 1.73. The first-order valence-corrected chi connectivity index (χ1v) is 7.20. The zero-order valence-electron chi connectivity index (χ0n) is 11.1. The molecular formula is C16H16N2S. The SMILES string of the molecule is Cc1cc(C(N)c2cc(C)c3ccccc3n2)cs1. The molecule has 0 fully saturated rings. The molecule has 0 amide bonds. The molecule has 0 spiro atoms. The van der Waals surface area contributed by atoms with Gasteiger partial charge in [-0.05, 0) is 48.6 Å². The van der Waals surface area contributed by atoms with Crippen LogP contribution < -0.4 is 5.73 Å². The molecular weight excluding hydrogens is 252 g/mol. The summed E-state index contributed by atoms with van der Waals surface area (Å²) in [6, 6.07) is 12.3. The van der Waals surface area contributed by atoms with Crippen LogP contribution in [0.5, 0.6) is 0 Å². The van der Waals surface area contributed by atoms with Gasteiger partial charge >= 0.3 is 0 Å². The number of benzene rings is 1. The van der Waals surface area contributed by atoms with Crippen LogP contribution in [0.25, 0.3) is 10.9 Å². The summed E-state index contributed by atoms with van der Waals surface area (Å²) in [5, 5.41) is 3.31. The van der Waals surface area contributed by atoms with Crippen molar-refractivity contribution in [2.24, 2.45) is 5.73 Å². The van der Waals surface area contributed by atoms with Crippen LogP contribution in [0.15, 0.2) is 41.8 Å². The molecule has 0 aliphatic rings. The first-order chi connectivity index (χ1) is 9.15. The van der Waals surface area contributed by atoms with Crippen molar-refractivity contribution < 1.29 is 0 Å². The van der Waals surface area contributed by atoms with Crippen LogP contribution in [-0.4, -0.2) is 4.98 Å². The van der Waals surface area contributed by atoms with Crippen molar-refractivity contribution in [1.82, 2.24) is 4.98 Å². The number of aromatic nitrogens is 1. The van der Waals surface area contributed by atoms with E-state index < -0.39 is 0 Å². The molecule has 3 rings (SSSR count). The van der Waals surface area contributed by atoms with E-state index >= 15 is 0 Å². The van der Waals surface area contributed by atoms with E-state index in [0.717, 1.165) is 16.8 Å². The Labute approximate surface area is 116 Å². The lowest BCUT2D eigenvalue weighted by atomic mass is 10.0. The second-order valence-corrected chi connectivity index (χ2v) is 5.96. The van der Waals surface area contributed by atoms with E-state index in [1.54, 1.807) is 11.3 Å². The van der Waals surface area contributed by atoms with Crippen molar-refractivity contribution in [2.75, 3.05) is 0 Å². The molecule has 0 aliphatic carbocycles. The molecule has 2 nitrogen and oxygen atoms in total. The highest BCUT2D eigenvalue weighted by Crippen LogP contribution is 2.26. The average molecular weight is 268 g/mol. The van der Waals surface area contributed by atoms with Gasteiger partial charge in [-0.15, -0.1) is 11.3 Å². The van der Waals surface area contributed by atoms with Gasteiger partial charge in [-0.3, -0.25) is 4.98 Å². The van der Waals surface area contributed by atoms with Crippen LogP contribution in [0, 0.1) is 13.8 Å². The zero-order valence-corrected chi connectivity index (χ0v) is 11.9. The predicted molar refractivity (Wildman–Crippen MR) is 81.6 cm³/mol. The molecule has 96 valence electrons. The Kier molecular flexibility index (Phi) is 3.09. The number of rotatable bonds is 2. The van der Waals surface area contributed by atoms with E-state index in [1.165, 1.54) is 15.8 Å². The highest BCUT2D eigenvalue weighted by atomic mass is 32.1. The average Bonchev–Trinajstić information content (AvgIpc) is 2.84. The van der Waals surface area contributed by atoms with E-state index in [-0.39, 0.29) is 6.04 Å². The molecule has 0 aliphatic heterocycles. The topological polar surface area (TPSA) is 38.9 Å². The van der Waals surface area contributed by atoms with Crippen molar-refractivity contribution in [3.63, 3.8) is 0 Å². The van der Waals surface area contributed by atoms with Crippen molar-refractivity contribution >= 4 is 22.2 Å². The van der Waals surface area contributed by atoms with Crippen LogP contribution in [0.3, 0.4) is 0 Å². The third-order valence-electron chi connectivity index (χ3n) is 3.37. The van der Waals surface area contributed by atoms with Crippen molar-refractivity contribution in [3.8, 4) is 0 Å². The molecule has 1 unspecified atom stereocenters. The molecule has 19 heavy (non-hydrogen) atoms. The highest BCUT2D eigenvalue weighted by Gasteiger charge is 2.13. The third-order valence-corrected chi connectivity index (χ3v) is 4.25. The molecule has 1 aromatic carbocycles. The Morgan fingerprint density at radius 3 is 2.68 bits per heavy atom. The second kappa shape index (κ2) is 4.76. The number of nitrogens with zero attached hydrogens (tertiary/aromatic N) is 1. The summed E-state index contributed by atoms with van der Waals surface area (Å²) in [5.74, 6) is 0. The van der Waals surface area contributed by atoms with Gasteiger partial charge in [0.1, 0.15) is 0 Å². The second-order valence-electron chi connectivity index (χ2n) is 4.85. The fourth-order valence-corrected chi connectivity index (χ4v) is 3.07. The maximum atomic E-state index is 6.33. The minimum absolute atomic E-state index is 0.145. The summed E-state index contributed by atoms with van der Waals surface area (Å²) in [6.45, 7) is 4.21. The lowest BCUT2D eigenvalue weighted by Crippen LogP contribution is -2.13. The highest BCUT2D eigenvalue weighted by molar-refractivity contribution is 7.10. The third kappa shape index (κ3) is 2.27. The first kappa shape index (κ1) is 12.3. The molecule has 0 radical (unpaired) electrons. The molecule has 0 saturated carbocycles. The van der Waals surface area contributed by atoms with Gasteiger partial charge < -0.3 is 5.73 Å². The summed E-state index contributed by atoms with van der Waals surface area (Å²) in [5.41, 5.74) is 10.7. The molecule has 2 aromatic heterocycles. The minimum atomic E-state index is -0.145. The van der Waals surface area contributed by atoms with E-state index in [4.69, 9.17) is 10.7 Å².